The number of nitrogen functional groups attached to an aromatic ring is 1. The van der Waals surface area contributed by atoms with E-state index in [0.29, 0.717) is 25.2 Å². The van der Waals surface area contributed by atoms with Crippen LogP contribution < -0.4 is 16.4 Å². The Morgan fingerprint density at radius 2 is 2.22 bits per heavy atom. The number of benzene rings is 1. The van der Waals surface area contributed by atoms with E-state index in [9.17, 15) is 9.59 Å². The first-order valence-electron chi connectivity index (χ1n) is 5.66. The highest BCUT2D eigenvalue weighted by Crippen LogP contribution is 2.32. The van der Waals surface area contributed by atoms with Crippen LogP contribution in [-0.2, 0) is 4.79 Å². The van der Waals surface area contributed by atoms with E-state index in [1.54, 1.807) is 12.1 Å². The molecule has 1 aromatic rings. The van der Waals surface area contributed by atoms with Gasteiger partial charge in [-0.2, -0.15) is 0 Å². The molecule has 0 aliphatic carbocycles. The minimum atomic E-state index is -1.10. The predicted octanol–water partition coefficient (Wildman–Crippen LogP) is 0.279. The van der Waals surface area contributed by atoms with Gasteiger partial charge in [0, 0.05) is 13.0 Å². The van der Waals surface area contributed by atoms with Gasteiger partial charge in [-0.05, 0) is 24.6 Å². The van der Waals surface area contributed by atoms with Crippen LogP contribution in [0.3, 0.4) is 0 Å². The molecule has 1 amide bonds. The maximum Gasteiger partial charge on any atom is 0.337 e. The second-order valence-corrected chi connectivity index (χ2v) is 4.36. The second kappa shape index (κ2) is 4.66. The topological polar surface area (TPSA) is 110 Å². The van der Waals surface area contributed by atoms with Gasteiger partial charge in [0.15, 0.2) is 0 Å². The van der Waals surface area contributed by atoms with Crippen LogP contribution in [0.1, 0.15) is 16.8 Å². The molecule has 1 heterocycles. The molecule has 1 atom stereocenters. The molecule has 1 aliphatic heterocycles. The number of carboxylic acids is 1. The quantitative estimate of drug-likeness (QED) is 0.666. The number of anilines is 2. The number of hydrogen-bond donors (Lipinski definition) is 3. The molecule has 6 heteroatoms. The van der Waals surface area contributed by atoms with E-state index in [1.807, 2.05) is 0 Å². The number of para-hydroxylation sites is 1. The van der Waals surface area contributed by atoms with Gasteiger partial charge in [0.05, 0.1) is 16.9 Å². The Bertz CT molecular complexity index is 501. The molecule has 1 aromatic carbocycles. The Kier molecular flexibility index (Phi) is 3.20. The number of amides is 1. The van der Waals surface area contributed by atoms with E-state index < -0.39 is 5.97 Å². The van der Waals surface area contributed by atoms with Crippen molar-refractivity contribution in [3.63, 3.8) is 0 Å². The lowest BCUT2D eigenvalue weighted by Crippen LogP contribution is -2.28. The van der Waals surface area contributed by atoms with Gasteiger partial charge < -0.3 is 21.5 Å². The highest BCUT2D eigenvalue weighted by molar-refractivity contribution is 6.06. The zero-order valence-electron chi connectivity index (χ0n) is 9.80. The van der Waals surface area contributed by atoms with Crippen LogP contribution in [0.2, 0.25) is 0 Å². The first-order valence-corrected chi connectivity index (χ1v) is 5.66. The largest absolute Gasteiger partial charge is 0.478 e. The first-order chi connectivity index (χ1) is 8.54. The lowest BCUT2D eigenvalue weighted by molar-refractivity contribution is -0.117. The molecule has 1 saturated heterocycles. The van der Waals surface area contributed by atoms with E-state index in [-0.39, 0.29) is 23.1 Å². The van der Waals surface area contributed by atoms with Crippen molar-refractivity contribution < 1.29 is 14.7 Å². The van der Waals surface area contributed by atoms with Gasteiger partial charge in [0.25, 0.3) is 0 Å². The Balaban J connectivity index is 2.45. The van der Waals surface area contributed by atoms with Crippen molar-refractivity contribution in [2.75, 3.05) is 23.7 Å². The molecule has 1 aliphatic rings. The van der Waals surface area contributed by atoms with Crippen molar-refractivity contribution in [3.05, 3.63) is 23.8 Å². The number of nitrogens with zero attached hydrogens (tertiary/aromatic N) is 1. The highest BCUT2D eigenvalue weighted by Gasteiger charge is 2.33. The van der Waals surface area contributed by atoms with Crippen molar-refractivity contribution in [2.24, 2.45) is 11.7 Å². The zero-order chi connectivity index (χ0) is 13.3. The monoisotopic (exact) mass is 249 g/mol. The zero-order valence-corrected chi connectivity index (χ0v) is 9.80. The summed E-state index contributed by atoms with van der Waals surface area (Å²) in [4.78, 5) is 24.5. The van der Waals surface area contributed by atoms with Gasteiger partial charge >= 0.3 is 5.97 Å². The Labute approximate surface area is 104 Å². The lowest BCUT2D eigenvalue weighted by atomic mass is 10.1. The third kappa shape index (κ3) is 2.02. The van der Waals surface area contributed by atoms with Crippen LogP contribution in [0, 0.1) is 5.92 Å². The van der Waals surface area contributed by atoms with Crippen LogP contribution in [0.4, 0.5) is 11.4 Å². The predicted molar refractivity (Wildman–Crippen MR) is 67.3 cm³/mol. The molecule has 1 unspecified atom stereocenters. The third-order valence-electron chi connectivity index (χ3n) is 3.11. The highest BCUT2D eigenvalue weighted by atomic mass is 16.4. The van der Waals surface area contributed by atoms with Crippen LogP contribution in [-0.4, -0.2) is 30.1 Å². The van der Waals surface area contributed by atoms with Crippen LogP contribution in [0.15, 0.2) is 18.2 Å². The minimum absolute atomic E-state index is 0.0426. The summed E-state index contributed by atoms with van der Waals surface area (Å²) in [5, 5.41) is 9.14. The van der Waals surface area contributed by atoms with Crippen LogP contribution in [0.25, 0.3) is 0 Å². The fourth-order valence-corrected chi connectivity index (χ4v) is 2.19. The third-order valence-corrected chi connectivity index (χ3v) is 3.11. The summed E-state index contributed by atoms with van der Waals surface area (Å²) in [6.45, 7) is 0.821. The maximum atomic E-state index is 11.9. The number of hydrogen-bond acceptors (Lipinski definition) is 4. The molecule has 0 radical (unpaired) electrons. The molecule has 18 heavy (non-hydrogen) atoms. The molecule has 6 nitrogen and oxygen atoms in total. The number of carbonyl (C=O) groups excluding carboxylic acids is 1. The summed E-state index contributed by atoms with van der Waals surface area (Å²) in [5.41, 5.74) is 12.0. The summed E-state index contributed by atoms with van der Waals surface area (Å²) in [5.74, 6) is -1.18. The van der Waals surface area contributed by atoms with E-state index in [2.05, 4.69) is 0 Å². The number of aromatic carboxylic acids is 1. The van der Waals surface area contributed by atoms with Gasteiger partial charge in [0.1, 0.15) is 0 Å². The number of nitrogens with two attached hydrogens (primary N) is 2. The Morgan fingerprint density at radius 1 is 1.50 bits per heavy atom. The molecule has 0 bridgehead atoms. The molecule has 96 valence electrons. The van der Waals surface area contributed by atoms with Crippen molar-refractivity contribution in [3.8, 4) is 0 Å². The van der Waals surface area contributed by atoms with Gasteiger partial charge in [-0.15, -0.1) is 0 Å². The molecule has 0 spiro atoms. The minimum Gasteiger partial charge on any atom is -0.478 e. The maximum absolute atomic E-state index is 11.9. The summed E-state index contributed by atoms with van der Waals surface area (Å²) >= 11 is 0. The van der Waals surface area contributed by atoms with Crippen molar-refractivity contribution in [1.29, 1.82) is 0 Å². The van der Waals surface area contributed by atoms with Crippen molar-refractivity contribution >= 4 is 23.3 Å². The van der Waals surface area contributed by atoms with Crippen molar-refractivity contribution in [2.45, 2.75) is 6.42 Å². The normalized spacial score (nSPS) is 19.3. The van der Waals surface area contributed by atoms with E-state index in [1.165, 1.54) is 11.0 Å². The molecule has 2 rings (SSSR count). The molecular formula is C12H15N3O3. The summed E-state index contributed by atoms with van der Waals surface area (Å²) in [7, 11) is 0. The summed E-state index contributed by atoms with van der Waals surface area (Å²) in [6, 6.07) is 4.59. The fourth-order valence-electron chi connectivity index (χ4n) is 2.19. The molecular weight excluding hydrogens is 234 g/mol. The van der Waals surface area contributed by atoms with Crippen LogP contribution >= 0.6 is 0 Å². The fraction of sp³-hybridized carbons (Fsp3) is 0.333. The second-order valence-electron chi connectivity index (χ2n) is 4.36. The van der Waals surface area contributed by atoms with Crippen molar-refractivity contribution in [1.82, 2.24) is 0 Å². The molecule has 0 saturated carbocycles. The van der Waals surface area contributed by atoms with Crippen LogP contribution in [0.5, 0.6) is 0 Å². The van der Waals surface area contributed by atoms with Gasteiger partial charge in [-0.3, -0.25) is 4.79 Å². The average molecular weight is 249 g/mol. The van der Waals surface area contributed by atoms with E-state index in [0.717, 1.165) is 0 Å². The molecule has 5 N–H and O–H groups in total. The molecule has 1 fully saturated rings. The van der Waals surface area contributed by atoms with Gasteiger partial charge in [-0.1, -0.05) is 6.07 Å². The number of rotatable bonds is 3. The summed E-state index contributed by atoms with van der Waals surface area (Å²) in [6.07, 6.45) is 0.337. The van der Waals surface area contributed by atoms with Gasteiger partial charge in [0.2, 0.25) is 5.91 Å². The average Bonchev–Trinajstić information content (AvgIpc) is 2.70. The SMILES string of the molecule is NCC1CC(=O)N(c2c(N)cccc2C(=O)O)C1. The van der Waals surface area contributed by atoms with Gasteiger partial charge in [-0.25, -0.2) is 4.79 Å². The Morgan fingerprint density at radius 3 is 2.78 bits per heavy atom. The summed E-state index contributed by atoms with van der Waals surface area (Å²) < 4.78 is 0. The van der Waals surface area contributed by atoms with E-state index in [4.69, 9.17) is 16.6 Å². The standard InChI is InChI=1S/C12H15N3O3/c13-5-7-4-10(16)15(6-7)11-8(12(17)18)2-1-3-9(11)14/h1-3,7H,4-6,13-14H2,(H,17,18). The molecule has 0 aromatic heterocycles. The smallest absolute Gasteiger partial charge is 0.337 e. The number of carbonyl (C=O) groups is 2. The Hall–Kier alpha value is -2.08. The lowest BCUT2D eigenvalue weighted by Gasteiger charge is -2.20. The number of carboxylic acid groups (broad SMARTS) is 1. The first kappa shape index (κ1) is 12.4. The van der Waals surface area contributed by atoms with E-state index >= 15 is 0 Å².